The molecule has 154 valence electrons. The summed E-state index contributed by atoms with van der Waals surface area (Å²) in [6, 6.07) is 6.30. The van der Waals surface area contributed by atoms with Crippen molar-refractivity contribution < 1.29 is 13.7 Å². The molecule has 1 unspecified atom stereocenters. The lowest BCUT2D eigenvalue weighted by Crippen LogP contribution is -2.16. The molecule has 7 nitrogen and oxygen atoms in total. The molecule has 3 heterocycles. The molecule has 0 aliphatic carbocycles. The number of rotatable bonds is 8. The molecule has 0 bridgehead atoms. The van der Waals surface area contributed by atoms with Gasteiger partial charge in [-0.1, -0.05) is 30.8 Å². The molecule has 1 aliphatic heterocycles. The lowest BCUT2D eigenvalue weighted by Gasteiger charge is -2.14. The third kappa shape index (κ3) is 5.02. The molecule has 1 aromatic carbocycles. The molecule has 0 radical (unpaired) electrons. The topological polar surface area (TPSA) is 78.9 Å². The van der Waals surface area contributed by atoms with E-state index in [1.165, 1.54) is 23.9 Å². The van der Waals surface area contributed by atoms with Crippen LogP contribution in [0.2, 0.25) is 0 Å². The largest absolute Gasteiger partial charge is 0.376 e. The number of benzene rings is 1. The van der Waals surface area contributed by atoms with Gasteiger partial charge in [-0.25, -0.2) is 4.39 Å². The van der Waals surface area contributed by atoms with E-state index in [9.17, 15) is 4.39 Å². The zero-order valence-electron chi connectivity index (χ0n) is 16.5. The van der Waals surface area contributed by atoms with Crippen molar-refractivity contribution in [2.45, 2.75) is 56.7 Å². The van der Waals surface area contributed by atoms with Crippen LogP contribution in [0, 0.1) is 11.7 Å². The molecule has 0 saturated carbocycles. The Labute approximate surface area is 173 Å². The highest BCUT2D eigenvalue weighted by atomic mass is 32.2. The van der Waals surface area contributed by atoms with Gasteiger partial charge in [0.05, 0.1) is 18.4 Å². The van der Waals surface area contributed by atoms with Gasteiger partial charge in [0.2, 0.25) is 5.89 Å². The van der Waals surface area contributed by atoms with Gasteiger partial charge in [0.15, 0.2) is 16.8 Å². The quantitative estimate of drug-likeness (QED) is 0.510. The maximum atomic E-state index is 13.3. The molecular weight excluding hydrogens is 393 g/mol. The van der Waals surface area contributed by atoms with E-state index in [0.717, 1.165) is 42.4 Å². The summed E-state index contributed by atoms with van der Waals surface area (Å²) in [5.41, 5.74) is 0.820. The van der Waals surface area contributed by atoms with Gasteiger partial charge in [0.1, 0.15) is 5.82 Å². The zero-order chi connectivity index (χ0) is 20.2. The summed E-state index contributed by atoms with van der Waals surface area (Å²) >= 11 is 1.50. The van der Waals surface area contributed by atoms with Gasteiger partial charge in [0.25, 0.3) is 0 Å². The van der Waals surface area contributed by atoms with Crippen LogP contribution in [-0.4, -0.2) is 37.6 Å². The second kappa shape index (κ2) is 9.04. The van der Waals surface area contributed by atoms with Crippen LogP contribution in [0.1, 0.15) is 38.4 Å². The summed E-state index contributed by atoms with van der Waals surface area (Å²) in [6.07, 6.45) is 2.98. The number of ether oxygens (including phenoxy) is 1. The number of thioether (sulfide) groups is 1. The third-order valence-corrected chi connectivity index (χ3v) is 5.61. The summed E-state index contributed by atoms with van der Waals surface area (Å²) in [5.74, 6) is 2.71. The molecule has 2 aromatic heterocycles. The summed E-state index contributed by atoms with van der Waals surface area (Å²) in [4.78, 5) is 4.45. The van der Waals surface area contributed by atoms with Crippen LogP contribution in [0.4, 0.5) is 4.39 Å². The molecule has 1 saturated heterocycles. The first-order chi connectivity index (χ1) is 14.1. The fraction of sp³-hybridized carbons (Fsp3) is 0.500. The first-order valence-corrected chi connectivity index (χ1v) is 10.8. The van der Waals surface area contributed by atoms with Gasteiger partial charge in [-0.2, -0.15) is 4.98 Å². The van der Waals surface area contributed by atoms with E-state index in [1.807, 2.05) is 4.57 Å². The minimum atomic E-state index is -0.276. The van der Waals surface area contributed by atoms with E-state index in [-0.39, 0.29) is 11.9 Å². The zero-order valence-corrected chi connectivity index (χ0v) is 17.4. The van der Waals surface area contributed by atoms with E-state index < -0.39 is 0 Å². The molecule has 29 heavy (non-hydrogen) atoms. The number of hydrogen-bond donors (Lipinski definition) is 0. The number of hydrogen-bond acceptors (Lipinski definition) is 7. The minimum Gasteiger partial charge on any atom is -0.376 e. The predicted octanol–water partition coefficient (Wildman–Crippen LogP) is 4.14. The molecule has 0 spiro atoms. The Morgan fingerprint density at radius 3 is 2.79 bits per heavy atom. The van der Waals surface area contributed by atoms with Crippen molar-refractivity contribution in [1.82, 2.24) is 24.9 Å². The average molecular weight is 418 g/mol. The molecule has 4 rings (SSSR count). The van der Waals surface area contributed by atoms with Crippen LogP contribution >= 0.6 is 11.8 Å². The van der Waals surface area contributed by atoms with E-state index >= 15 is 0 Å². The normalized spacial score (nSPS) is 16.8. The molecule has 3 aromatic rings. The Hall–Kier alpha value is -2.26. The minimum absolute atomic E-state index is 0.130. The molecule has 1 fully saturated rings. The summed E-state index contributed by atoms with van der Waals surface area (Å²) in [5, 5.41) is 13.5. The van der Waals surface area contributed by atoms with E-state index in [1.54, 1.807) is 12.1 Å². The smallest absolute Gasteiger partial charge is 0.237 e. The lowest BCUT2D eigenvalue weighted by atomic mass is 10.1. The van der Waals surface area contributed by atoms with E-state index in [4.69, 9.17) is 9.26 Å². The Morgan fingerprint density at radius 2 is 2.07 bits per heavy atom. The third-order valence-electron chi connectivity index (χ3n) is 4.66. The van der Waals surface area contributed by atoms with Gasteiger partial charge in [-0.3, -0.25) is 4.57 Å². The molecule has 0 amide bonds. The Bertz CT molecular complexity index is 935. The van der Waals surface area contributed by atoms with Gasteiger partial charge in [-0.05, 0) is 43.0 Å². The van der Waals surface area contributed by atoms with Crippen LogP contribution < -0.4 is 0 Å². The lowest BCUT2D eigenvalue weighted by molar-refractivity contribution is 0.0953. The fourth-order valence-electron chi connectivity index (χ4n) is 3.29. The maximum Gasteiger partial charge on any atom is 0.237 e. The van der Waals surface area contributed by atoms with Gasteiger partial charge in [0, 0.05) is 18.6 Å². The van der Waals surface area contributed by atoms with Crippen LogP contribution in [0.5, 0.6) is 0 Å². The van der Waals surface area contributed by atoms with Crippen molar-refractivity contribution >= 4 is 11.8 Å². The van der Waals surface area contributed by atoms with E-state index in [0.29, 0.717) is 29.9 Å². The maximum absolute atomic E-state index is 13.3. The molecule has 1 aliphatic rings. The number of halogens is 1. The van der Waals surface area contributed by atoms with Gasteiger partial charge < -0.3 is 9.26 Å². The standard InChI is InChI=1S/C20H24FN5O2S/c1-13(2)10-17-22-18(28-25-17)12-29-20-24-23-19(14-5-7-15(21)8-6-14)26(20)11-16-4-3-9-27-16/h5-8,13,16H,3-4,9-12H2,1-2H3. The van der Waals surface area contributed by atoms with Crippen molar-refractivity contribution in [2.75, 3.05) is 6.61 Å². The molecule has 0 N–H and O–H groups in total. The second-order valence-electron chi connectivity index (χ2n) is 7.55. The van der Waals surface area contributed by atoms with Crippen molar-refractivity contribution in [3.8, 4) is 11.4 Å². The van der Waals surface area contributed by atoms with Gasteiger partial charge >= 0.3 is 0 Å². The fourth-order valence-corrected chi connectivity index (χ4v) is 4.07. The van der Waals surface area contributed by atoms with Crippen molar-refractivity contribution in [3.05, 3.63) is 41.8 Å². The molecular formula is C20H24FN5O2S. The number of aromatic nitrogens is 5. The van der Waals surface area contributed by atoms with Crippen LogP contribution in [0.25, 0.3) is 11.4 Å². The van der Waals surface area contributed by atoms with Crippen LogP contribution in [-0.2, 0) is 23.5 Å². The first kappa shape index (κ1) is 20.0. The first-order valence-electron chi connectivity index (χ1n) is 9.83. The average Bonchev–Trinajstić information content (AvgIpc) is 3.43. The highest BCUT2D eigenvalue weighted by Gasteiger charge is 2.22. The highest BCUT2D eigenvalue weighted by molar-refractivity contribution is 7.98. The second-order valence-corrected chi connectivity index (χ2v) is 8.49. The highest BCUT2D eigenvalue weighted by Crippen LogP contribution is 2.28. The van der Waals surface area contributed by atoms with Crippen molar-refractivity contribution in [3.63, 3.8) is 0 Å². The van der Waals surface area contributed by atoms with Gasteiger partial charge in [-0.15, -0.1) is 10.2 Å². The summed E-state index contributed by atoms with van der Waals surface area (Å²) in [7, 11) is 0. The predicted molar refractivity (Wildman–Crippen MR) is 107 cm³/mol. The number of nitrogens with zero attached hydrogens (tertiary/aromatic N) is 5. The van der Waals surface area contributed by atoms with E-state index in [2.05, 4.69) is 34.2 Å². The molecule has 9 heteroatoms. The van der Waals surface area contributed by atoms with Crippen LogP contribution in [0.15, 0.2) is 33.9 Å². The van der Waals surface area contributed by atoms with Crippen LogP contribution in [0.3, 0.4) is 0 Å². The van der Waals surface area contributed by atoms with Crippen molar-refractivity contribution in [2.24, 2.45) is 5.92 Å². The monoisotopic (exact) mass is 417 g/mol. The SMILES string of the molecule is CC(C)Cc1noc(CSc2nnc(-c3ccc(F)cc3)n2CC2CCCO2)n1. The van der Waals surface area contributed by atoms with Crippen molar-refractivity contribution in [1.29, 1.82) is 0 Å². The Balaban J connectivity index is 1.53. The Morgan fingerprint density at radius 1 is 1.24 bits per heavy atom. The molecule has 1 atom stereocenters. The summed E-state index contributed by atoms with van der Waals surface area (Å²) < 4.78 is 26.5. The Kier molecular flexibility index (Phi) is 6.25. The summed E-state index contributed by atoms with van der Waals surface area (Å²) in [6.45, 7) is 5.68.